The van der Waals surface area contributed by atoms with Crippen molar-refractivity contribution < 1.29 is 13.5 Å². The van der Waals surface area contributed by atoms with Crippen LogP contribution >= 0.6 is 0 Å². The number of piperazine rings is 1. The second-order valence-electron chi connectivity index (χ2n) is 9.18. The van der Waals surface area contributed by atoms with Gasteiger partial charge < -0.3 is 15.3 Å². The molecule has 1 aliphatic rings. The van der Waals surface area contributed by atoms with Crippen molar-refractivity contribution in [2.75, 3.05) is 49.5 Å². The van der Waals surface area contributed by atoms with Gasteiger partial charge in [-0.15, -0.1) is 0 Å². The van der Waals surface area contributed by atoms with Gasteiger partial charge in [-0.3, -0.25) is 9.88 Å². The Morgan fingerprint density at radius 3 is 2.47 bits per heavy atom. The Balaban J connectivity index is 1.25. The standard InChI is InChI=1S/C27H27N7O3S/c35-16-15-32-11-13-33(14-12-32)23-8-6-22(7-9-23)31-26-17-24-21(18-29-26)19-30-34(24)38(36,37)25-5-1-3-20-4-2-10-28-27(20)25/h1-10,17-19,35H,11-16H2,(H,29,31). The maximum absolute atomic E-state index is 13.6. The Hall–Kier alpha value is -4.06. The molecule has 10 nitrogen and oxygen atoms in total. The first-order chi connectivity index (χ1) is 18.5. The topological polar surface area (TPSA) is 116 Å². The second kappa shape index (κ2) is 10.0. The van der Waals surface area contributed by atoms with Gasteiger partial charge in [-0.25, -0.2) is 4.98 Å². The number of benzene rings is 2. The maximum atomic E-state index is 13.6. The molecule has 0 radical (unpaired) electrons. The molecule has 3 aromatic heterocycles. The third-order valence-electron chi connectivity index (χ3n) is 6.81. The van der Waals surface area contributed by atoms with Crippen LogP contribution in [0.5, 0.6) is 0 Å². The van der Waals surface area contributed by atoms with Crippen LogP contribution in [0.25, 0.3) is 21.8 Å². The molecule has 4 heterocycles. The molecule has 194 valence electrons. The van der Waals surface area contributed by atoms with Crippen LogP contribution < -0.4 is 10.2 Å². The molecule has 2 N–H and O–H groups in total. The summed E-state index contributed by atoms with van der Waals surface area (Å²) in [6.07, 6.45) is 4.69. The van der Waals surface area contributed by atoms with Gasteiger partial charge >= 0.3 is 0 Å². The Kier molecular flexibility index (Phi) is 6.40. The molecule has 1 aliphatic heterocycles. The maximum Gasteiger partial charge on any atom is 0.285 e. The van der Waals surface area contributed by atoms with E-state index in [2.05, 4.69) is 42.3 Å². The van der Waals surface area contributed by atoms with Crippen molar-refractivity contribution in [3.8, 4) is 0 Å². The van der Waals surface area contributed by atoms with E-state index in [1.165, 1.54) is 6.20 Å². The summed E-state index contributed by atoms with van der Waals surface area (Å²) in [6.45, 7) is 4.58. The number of nitrogens with zero attached hydrogens (tertiary/aromatic N) is 6. The predicted octanol–water partition coefficient (Wildman–Crippen LogP) is 3.07. The lowest BCUT2D eigenvalue weighted by Gasteiger charge is -2.35. The number of aliphatic hydroxyl groups is 1. The normalized spacial score (nSPS) is 14.8. The number of pyridine rings is 2. The van der Waals surface area contributed by atoms with Crippen LogP contribution in [0.3, 0.4) is 0 Å². The molecule has 0 spiro atoms. The van der Waals surface area contributed by atoms with Crippen molar-refractivity contribution >= 4 is 49.0 Å². The van der Waals surface area contributed by atoms with E-state index in [9.17, 15) is 8.42 Å². The Labute approximate surface area is 220 Å². The zero-order chi connectivity index (χ0) is 26.1. The molecule has 6 rings (SSSR count). The summed E-state index contributed by atoms with van der Waals surface area (Å²) < 4.78 is 28.3. The summed E-state index contributed by atoms with van der Waals surface area (Å²) in [5.74, 6) is 0.510. The van der Waals surface area contributed by atoms with Crippen LogP contribution in [-0.4, -0.2) is 76.9 Å². The first-order valence-corrected chi connectivity index (χ1v) is 13.9. The molecule has 0 saturated carbocycles. The summed E-state index contributed by atoms with van der Waals surface area (Å²) >= 11 is 0. The zero-order valence-corrected chi connectivity index (χ0v) is 21.4. The molecule has 1 saturated heterocycles. The number of nitrogens with one attached hydrogen (secondary N) is 1. The molecule has 5 aromatic rings. The number of fused-ring (bicyclic) bond motifs is 2. The number of para-hydroxylation sites is 1. The number of rotatable bonds is 7. The smallest absolute Gasteiger partial charge is 0.285 e. The van der Waals surface area contributed by atoms with E-state index in [-0.39, 0.29) is 11.5 Å². The number of aliphatic hydroxyl groups excluding tert-OH is 1. The lowest BCUT2D eigenvalue weighted by molar-refractivity contribution is 0.189. The quantitative estimate of drug-likeness (QED) is 0.328. The fourth-order valence-corrected chi connectivity index (χ4v) is 6.25. The monoisotopic (exact) mass is 529 g/mol. The van der Waals surface area contributed by atoms with Gasteiger partial charge in [0.2, 0.25) is 0 Å². The minimum Gasteiger partial charge on any atom is -0.395 e. The van der Waals surface area contributed by atoms with Crippen LogP contribution in [0.4, 0.5) is 17.2 Å². The van der Waals surface area contributed by atoms with Gasteiger partial charge in [0.1, 0.15) is 10.7 Å². The molecule has 0 unspecified atom stereocenters. The van der Waals surface area contributed by atoms with Gasteiger partial charge in [0.25, 0.3) is 10.0 Å². The fourth-order valence-electron chi connectivity index (χ4n) is 4.81. The van der Waals surface area contributed by atoms with E-state index in [4.69, 9.17) is 5.11 Å². The third kappa shape index (κ3) is 4.55. The Bertz CT molecular complexity index is 1690. The summed E-state index contributed by atoms with van der Waals surface area (Å²) in [6, 6.07) is 18.5. The van der Waals surface area contributed by atoms with Crippen molar-refractivity contribution in [1.82, 2.24) is 24.1 Å². The number of hydrogen-bond donors (Lipinski definition) is 2. The summed E-state index contributed by atoms with van der Waals surface area (Å²) in [5, 5.41) is 18.0. The second-order valence-corrected chi connectivity index (χ2v) is 10.9. The predicted molar refractivity (Wildman–Crippen MR) is 147 cm³/mol. The highest BCUT2D eigenvalue weighted by atomic mass is 32.2. The van der Waals surface area contributed by atoms with Crippen LogP contribution in [0.1, 0.15) is 0 Å². The average Bonchev–Trinajstić information content (AvgIpc) is 3.38. The van der Waals surface area contributed by atoms with Crippen LogP contribution in [0.15, 0.2) is 84.1 Å². The SMILES string of the molecule is O=S(=O)(c1cccc2cccnc12)n1ncc2cnc(Nc3ccc(N4CCN(CCO)CC4)cc3)cc21. The largest absolute Gasteiger partial charge is 0.395 e. The molecule has 0 amide bonds. The number of hydrogen-bond acceptors (Lipinski definition) is 9. The van der Waals surface area contributed by atoms with Crippen molar-refractivity contribution in [2.24, 2.45) is 0 Å². The van der Waals surface area contributed by atoms with E-state index in [1.54, 1.807) is 36.7 Å². The molecular formula is C27H27N7O3S. The molecule has 1 fully saturated rings. The highest BCUT2D eigenvalue weighted by Crippen LogP contribution is 2.27. The fraction of sp³-hybridized carbons (Fsp3) is 0.222. The van der Waals surface area contributed by atoms with Crippen LogP contribution in [-0.2, 0) is 10.0 Å². The molecule has 0 aliphatic carbocycles. The minimum absolute atomic E-state index is 0.0969. The first-order valence-electron chi connectivity index (χ1n) is 12.4. The lowest BCUT2D eigenvalue weighted by Crippen LogP contribution is -2.47. The van der Waals surface area contributed by atoms with E-state index in [0.29, 0.717) is 28.8 Å². The van der Waals surface area contributed by atoms with Gasteiger partial charge in [0, 0.05) is 73.3 Å². The van der Waals surface area contributed by atoms with Crippen molar-refractivity contribution in [2.45, 2.75) is 4.90 Å². The van der Waals surface area contributed by atoms with E-state index in [1.807, 2.05) is 24.3 Å². The van der Waals surface area contributed by atoms with Gasteiger partial charge in [-0.1, -0.05) is 18.2 Å². The number of β-amino-alcohol motifs (C(OH)–C–C–N with tert-alkyl or cyclic N) is 1. The molecular weight excluding hydrogens is 502 g/mol. The zero-order valence-electron chi connectivity index (χ0n) is 20.6. The highest BCUT2D eigenvalue weighted by molar-refractivity contribution is 7.90. The lowest BCUT2D eigenvalue weighted by atomic mass is 10.2. The molecule has 2 aromatic carbocycles. The Morgan fingerprint density at radius 1 is 0.895 bits per heavy atom. The molecule has 11 heteroatoms. The van der Waals surface area contributed by atoms with Gasteiger partial charge in [0.05, 0.1) is 23.8 Å². The summed E-state index contributed by atoms with van der Waals surface area (Å²) in [4.78, 5) is 13.4. The van der Waals surface area contributed by atoms with E-state index < -0.39 is 10.0 Å². The third-order valence-corrected chi connectivity index (χ3v) is 8.45. The van der Waals surface area contributed by atoms with Gasteiger partial charge in [0.15, 0.2) is 0 Å². The number of anilines is 3. The minimum atomic E-state index is -4.00. The Morgan fingerprint density at radius 2 is 1.68 bits per heavy atom. The highest BCUT2D eigenvalue weighted by Gasteiger charge is 2.24. The number of aromatic nitrogens is 4. The molecule has 0 bridgehead atoms. The average molecular weight is 530 g/mol. The molecule has 0 atom stereocenters. The van der Waals surface area contributed by atoms with Crippen LogP contribution in [0.2, 0.25) is 0 Å². The van der Waals surface area contributed by atoms with E-state index >= 15 is 0 Å². The van der Waals surface area contributed by atoms with Gasteiger partial charge in [-0.2, -0.15) is 17.6 Å². The van der Waals surface area contributed by atoms with Crippen molar-refractivity contribution in [3.63, 3.8) is 0 Å². The first kappa shape index (κ1) is 24.3. The van der Waals surface area contributed by atoms with Gasteiger partial charge in [-0.05, 0) is 36.4 Å². The van der Waals surface area contributed by atoms with Crippen molar-refractivity contribution in [1.29, 1.82) is 0 Å². The van der Waals surface area contributed by atoms with E-state index in [0.717, 1.165) is 47.0 Å². The summed E-state index contributed by atoms with van der Waals surface area (Å²) in [7, 11) is -4.00. The van der Waals surface area contributed by atoms with Crippen LogP contribution in [0, 0.1) is 0 Å². The van der Waals surface area contributed by atoms with Crippen molar-refractivity contribution in [3.05, 3.63) is 79.3 Å². The molecule has 38 heavy (non-hydrogen) atoms. The summed E-state index contributed by atoms with van der Waals surface area (Å²) in [5.41, 5.74) is 2.80.